The van der Waals surface area contributed by atoms with Gasteiger partial charge in [0.2, 0.25) is 5.78 Å². The molecule has 28 nitrogen and oxygen atoms in total. The molecule has 692 valence electrons. The number of hydrogen-bond donors (Lipinski definition) is 4. The Labute approximate surface area is 795 Å². The average molecular weight is 2260 g/mol. The molecule has 36 heteroatoms. The summed E-state index contributed by atoms with van der Waals surface area (Å²) in [6, 6.07) is 0. The summed E-state index contributed by atoms with van der Waals surface area (Å²) in [4.78, 5) is 83.3. The molecule has 0 aromatic carbocycles. The molecule has 123 heavy (non-hydrogen) atoms. The largest absolute Gasteiger partial charge is 0.489 e. The van der Waals surface area contributed by atoms with Gasteiger partial charge in [0.25, 0.3) is 0 Å². The van der Waals surface area contributed by atoms with E-state index in [-0.39, 0.29) is 229 Å². The van der Waals surface area contributed by atoms with Gasteiger partial charge in [-0.2, -0.15) is 0 Å². The number of esters is 4. The zero-order valence-corrected chi connectivity index (χ0v) is 82.2. The second kappa shape index (κ2) is 48.4. The summed E-state index contributed by atoms with van der Waals surface area (Å²) in [6.45, 7) is 21.4. The average Bonchev–Trinajstić information content (AvgIpc) is 1.55. The van der Waals surface area contributed by atoms with Gasteiger partial charge in [0.05, 0.1) is 133 Å². The Bertz CT molecular complexity index is 3760. The number of ketones is 3. The molecule has 14 aliphatic rings. The van der Waals surface area contributed by atoms with Crippen molar-refractivity contribution in [1.82, 2.24) is 0 Å². The third kappa shape index (κ3) is 28.5. The molecule has 0 amide bonds. The molecule has 14 aliphatic heterocycles. The summed E-state index contributed by atoms with van der Waals surface area (Å²) in [5.41, 5.74) is 0. The molecule has 14 fully saturated rings. The van der Waals surface area contributed by atoms with Crippen molar-refractivity contribution in [3.05, 3.63) is 52.5 Å². The van der Waals surface area contributed by atoms with E-state index in [2.05, 4.69) is 140 Å². The molecular formula is C87H120Cl4I4O28. The second-order valence-corrected chi connectivity index (χ2v) is 42.9. The second-order valence-electron chi connectivity index (χ2n) is 34.3. The maximum absolute atomic E-state index is 12.4. The minimum Gasteiger partial charge on any atom is -0.489 e. The molecule has 14 rings (SSSR count). The number of aliphatic hydroxyl groups is 4. The maximum Gasteiger partial charge on any atom is 0.308 e. The topological polar surface area (TPSA) is 357 Å². The molecule has 0 saturated carbocycles. The molecule has 0 aromatic heterocycles. The van der Waals surface area contributed by atoms with Crippen molar-refractivity contribution >= 4 is 178 Å². The molecule has 6 unspecified atom stereocenters. The van der Waals surface area contributed by atoms with E-state index in [1.807, 2.05) is 13.8 Å². The molecule has 14 heterocycles. The van der Waals surface area contributed by atoms with Crippen LogP contribution in [0, 0.1) is 29.6 Å². The number of carbonyl (C=O) groups is 7. The van der Waals surface area contributed by atoms with Gasteiger partial charge in [-0.05, 0) is 225 Å². The van der Waals surface area contributed by atoms with E-state index >= 15 is 0 Å². The molecule has 0 spiro atoms. The zero-order valence-electron chi connectivity index (χ0n) is 70.5. The van der Waals surface area contributed by atoms with E-state index in [0.29, 0.717) is 77.0 Å². The van der Waals surface area contributed by atoms with Crippen LogP contribution in [-0.4, -0.2) is 282 Å². The van der Waals surface area contributed by atoms with Gasteiger partial charge in [0.15, 0.2) is 11.6 Å². The van der Waals surface area contributed by atoms with Crippen LogP contribution in [0.2, 0.25) is 0 Å². The van der Waals surface area contributed by atoms with Crippen molar-refractivity contribution in [3.63, 3.8) is 0 Å². The number of halogens is 8. The Hall–Kier alpha value is -1.61. The van der Waals surface area contributed by atoms with Crippen LogP contribution in [0.1, 0.15) is 188 Å². The highest BCUT2D eigenvalue weighted by Crippen LogP contribution is 2.55. The summed E-state index contributed by atoms with van der Waals surface area (Å²) in [5.74, 6) is 3.07. The van der Waals surface area contributed by atoms with Gasteiger partial charge in [-0.15, -0.1) is 46.4 Å². The molecule has 4 N–H and O–H groups in total. The van der Waals surface area contributed by atoms with Crippen molar-refractivity contribution < 1.29 is 135 Å². The monoisotopic (exact) mass is 2260 g/mol. The van der Waals surface area contributed by atoms with Crippen molar-refractivity contribution in [2.45, 2.75) is 380 Å². The van der Waals surface area contributed by atoms with Crippen LogP contribution in [0.5, 0.6) is 0 Å². The van der Waals surface area contributed by atoms with Gasteiger partial charge < -0.3 is 101 Å². The fraction of sp³-hybridized carbons (Fsp3) is 0.782. The van der Waals surface area contributed by atoms with Gasteiger partial charge >= 0.3 is 23.9 Å². The summed E-state index contributed by atoms with van der Waals surface area (Å²) in [7, 11) is 5.45. The molecule has 14 saturated heterocycles. The zero-order chi connectivity index (χ0) is 89.6. The normalized spacial score (nSPS) is 38.4. The highest BCUT2D eigenvalue weighted by atomic mass is 127. The SMILES string of the molecule is C=C(I)C[C@H](Cl)CCC(=O)C#C[C@H](O)C1O[C@H]2CC[C@H](CC(=O)OC)O[C@@H]2[C@H](C)[C@@H]1C.C=C(I)C[C@H](Cl)CCC(=O)C=C1O[C@@H]2C(O[C@H]3CC[C@H](CC(=O)OC)O[C@@H]3[C@@H]2C)[C@H]1O.C=C(I)C[C@H](Cl)CCC(=O)CC1O[C@@H]2C(O[C@H]3CC[C@H](CC(=O)OC)O[C@@H]3[C@@H]2O)[C@H]1O.C=C(I)C[C@H](Cl)CC[C@@]12CC3O[C@@H]4C(O[C@H]5CC[C@H](CC(=O)OC)O[C@@H]5[C@@H]4O1)[C@@H]3O2. The predicted molar refractivity (Wildman–Crippen MR) is 486 cm³/mol. The lowest BCUT2D eigenvalue weighted by Gasteiger charge is -2.49. The summed E-state index contributed by atoms with van der Waals surface area (Å²) in [6.07, 6.45) is 3.28. The summed E-state index contributed by atoms with van der Waals surface area (Å²) in [5, 5.41) is 42.4. The van der Waals surface area contributed by atoms with Crippen LogP contribution in [0.15, 0.2) is 52.5 Å². The molecular weight excluding hydrogens is 2140 g/mol. The van der Waals surface area contributed by atoms with E-state index in [4.69, 9.17) is 122 Å². The summed E-state index contributed by atoms with van der Waals surface area (Å²) >= 11 is 33.7. The Kier molecular flexibility index (Phi) is 40.7. The summed E-state index contributed by atoms with van der Waals surface area (Å²) < 4.78 is 103. The lowest BCUT2D eigenvalue weighted by molar-refractivity contribution is -0.292. The van der Waals surface area contributed by atoms with E-state index < -0.39 is 79.0 Å². The van der Waals surface area contributed by atoms with Gasteiger partial charge in [0.1, 0.15) is 97.0 Å². The van der Waals surface area contributed by atoms with Crippen LogP contribution >= 0.6 is 137 Å². The molecule has 0 aromatic rings. The smallest absolute Gasteiger partial charge is 0.308 e. The van der Waals surface area contributed by atoms with Gasteiger partial charge in [-0.3, -0.25) is 33.6 Å². The minimum atomic E-state index is -1.06. The number of fused-ring (bicyclic) bond motifs is 6. The number of alkyl halides is 4. The number of allylic oxidation sites excluding steroid dienone is 5. The number of rotatable bonds is 32. The Balaban J connectivity index is 0.000000172. The fourth-order valence-corrected chi connectivity index (χ4v) is 23.1. The number of methoxy groups -OCH3 is 4. The maximum atomic E-state index is 12.4. The molecule has 0 aliphatic carbocycles. The standard InChI is InChI=1S/C23H32ClIO6.C22H30ClIO7.C21H30ClIO8.C21H28ClIO7/c1-13(25)11-16(24)5-6-17(26)7-9-19(27)22-14(2)15(3)23-20(31-22)10-8-18(30-23)12-21(28)29-4;1-11(24)8-13(23)4-5-14(25)9-17-19(27)22-21(31-17)12(2)20-16(30-22)7-6-15(29-20)10-18(26)28-3;1-10(23)7-11(22)3-4-12(24)8-15-17(26)20-21(31-15)18(27)19-14(30-20)6-5-13(29-19)9-16(25)28-2;1-10(23)7-11(22)5-6-21-9-14-17(29-21)18-19(28-14)20(30-21)16-13(27-18)4-3-12(26-16)8-15(24)25-2/h14-16,18-20,22-23,27H,1,5-6,8,10-12H2,2-4H3;9,12-13,15-16,19-22,27H,1,4-8,10H2,2-3H3;11,13-15,17-21,26-27H,1,3-9H2,2H3;11-14,16-20H,1,3-9H2,2H3/t14-,15+,16+,18+,19-,20-,22?,23+;12-,13+,15+,16-,19-,20+,21-,22?;11-,13-,14+,15?,17+,18+,19+,20?,21+;11-,12-,13+,14?,16+,17-,18?,19-,20+,21+/m0011/s1. The van der Waals surface area contributed by atoms with Crippen LogP contribution in [0.4, 0.5) is 0 Å². The lowest BCUT2D eigenvalue weighted by atomic mass is 9.77. The first-order chi connectivity index (χ1) is 58.4. The van der Waals surface area contributed by atoms with Crippen molar-refractivity contribution in [3.8, 4) is 11.8 Å². The molecule has 0 radical (unpaired) electrons. The first-order valence-corrected chi connectivity index (χ1v) is 48.7. The Morgan fingerprint density at radius 3 is 1.39 bits per heavy atom. The van der Waals surface area contributed by atoms with Crippen LogP contribution < -0.4 is 0 Å². The van der Waals surface area contributed by atoms with Crippen LogP contribution in [0.25, 0.3) is 0 Å². The van der Waals surface area contributed by atoms with E-state index in [0.717, 1.165) is 52.8 Å². The predicted octanol–water partition coefficient (Wildman–Crippen LogP) is 12.5. The number of carbonyl (C=O) groups excluding carboxylic acids is 7. The number of hydrogen-bond acceptors (Lipinski definition) is 28. The minimum absolute atomic E-state index is 0.00654. The highest BCUT2D eigenvalue weighted by molar-refractivity contribution is 14.1. The van der Waals surface area contributed by atoms with Crippen molar-refractivity contribution in [2.75, 3.05) is 28.4 Å². The highest BCUT2D eigenvalue weighted by Gasteiger charge is 2.69. The molecule has 6 bridgehead atoms. The first-order valence-electron chi connectivity index (χ1n) is 42.6. The third-order valence-corrected chi connectivity index (χ3v) is 28.5. The first kappa shape index (κ1) is 103. The van der Waals surface area contributed by atoms with Gasteiger partial charge in [0, 0.05) is 72.0 Å². The Morgan fingerprint density at radius 2 is 0.870 bits per heavy atom. The van der Waals surface area contributed by atoms with E-state index in [1.165, 1.54) is 34.5 Å². The van der Waals surface area contributed by atoms with Crippen LogP contribution in [0.3, 0.4) is 0 Å². The quantitative estimate of drug-likeness (QED) is 0.00924. The fourth-order valence-electron chi connectivity index (χ4n) is 18.7. The van der Waals surface area contributed by atoms with Gasteiger partial charge in [-0.1, -0.05) is 53.0 Å². The van der Waals surface area contributed by atoms with E-state index in [9.17, 15) is 54.0 Å². The Morgan fingerprint density at radius 1 is 0.455 bits per heavy atom. The third-order valence-electron chi connectivity index (χ3n) is 25.3. The van der Waals surface area contributed by atoms with Crippen molar-refractivity contribution in [2.24, 2.45) is 17.8 Å². The van der Waals surface area contributed by atoms with Crippen LogP contribution in [-0.2, 0) is 114 Å². The number of aliphatic hydroxyl groups excluding tert-OH is 4. The molecule has 35 atom stereocenters. The van der Waals surface area contributed by atoms with Gasteiger partial charge in [-0.25, -0.2) is 0 Å². The number of ether oxygens (including phenoxy) is 17. The lowest BCUT2D eigenvalue weighted by Crippen LogP contribution is -2.61. The van der Waals surface area contributed by atoms with E-state index in [1.54, 1.807) is 0 Å². The van der Waals surface area contributed by atoms with Crippen molar-refractivity contribution in [1.29, 1.82) is 0 Å². The number of Topliss-reactive ketones (excluding diaryl/α,β-unsaturated/α-hetero) is 2.